The predicted molar refractivity (Wildman–Crippen MR) is 47.6 cm³/mol. The Hall–Kier alpha value is 0.137. The molecule has 0 aromatic carbocycles. The van der Waals surface area contributed by atoms with Gasteiger partial charge in [-0.2, -0.15) is 0 Å². The van der Waals surface area contributed by atoms with Crippen molar-refractivity contribution in [3.05, 3.63) is 0 Å². The summed E-state index contributed by atoms with van der Waals surface area (Å²) in [6.45, 7) is 6.66. The molecule has 0 spiro atoms. The molecule has 0 aromatic rings. The first-order chi connectivity index (χ1) is 4.58. The zero-order valence-electron chi connectivity index (χ0n) is 7.69. The van der Waals surface area contributed by atoms with Crippen LogP contribution in [-0.4, -0.2) is 28.1 Å². The maximum atomic E-state index is 5.46. The van der Waals surface area contributed by atoms with Gasteiger partial charge in [0, 0.05) is 12.8 Å². The standard InChI is InChI=1S/C7H19NOSi/c1-6-7(8-2)10(4,5)9-3/h7-8H,6H2,1-5H3. The van der Waals surface area contributed by atoms with Gasteiger partial charge in [0.25, 0.3) is 0 Å². The summed E-state index contributed by atoms with van der Waals surface area (Å²) in [6.07, 6.45) is 1.16. The van der Waals surface area contributed by atoms with Crippen LogP contribution in [0.15, 0.2) is 0 Å². The molecule has 1 atom stereocenters. The van der Waals surface area contributed by atoms with Crippen LogP contribution in [-0.2, 0) is 4.43 Å². The van der Waals surface area contributed by atoms with Crippen molar-refractivity contribution in [2.24, 2.45) is 0 Å². The summed E-state index contributed by atoms with van der Waals surface area (Å²) in [5.74, 6) is 0. The third-order valence-corrected chi connectivity index (χ3v) is 5.55. The highest BCUT2D eigenvalue weighted by Crippen LogP contribution is 2.10. The van der Waals surface area contributed by atoms with E-state index in [1.807, 2.05) is 14.2 Å². The number of hydrogen-bond donors (Lipinski definition) is 1. The summed E-state index contributed by atoms with van der Waals surface area (Å²) < 4.78 is 5.46. The minimum absolute atomic E-state index is 0.581. The van der Waals surface area contributed by atoms with Gasteiger partial charge in [-0.15, -0.1) is 0 Å². The monoisotopic (exact) mass is 161 g/mol. The molecule has 0 amide bonds. The van der Waals surface area contributed by atoms with Crippen molar-refractivity contribution in [3.63, 3.8) is 0 Å². The van der Waals surface area contributed by atoms with Crippen LogP contribution in [0.5, 0.6) is 0 Å². The molecule has 2 nitrogen and oxygen atoms in total. The highest BCUT2D eigenvalue weighted by atomic mass is 28.4. The van der Waals surface area contributed by atoms with Gasteiger partial charge < -0.3 is 9.74 Å². The summed E-state index contributed by atoms with van der Waals surface area (Å²) in [7, 11) is 2.40. The molecule has 3 heteroatoms. The van der Waals surface area contributed by atoms with Gasteiger partial charge in [0.05, 0.1) is 0 Å². The Labute approximate surface area is 65.1 Å². The summed E-state index contributed by atoms with van der Waals surface area (Å²) in [6, 6.07) is 0. The molecule has 0 saturated heterocycles. The Morgan fingerprint density at radius 2 is 2.00 bits per heavy atom. The van der Waals surface area contributed by atoms with Crippen LogP contribution in [0.2, 0.25) is 13.1 Å². The molecule has 10 heavy (non-hydrogen) atoms. The predicted octanol–water partition coefficient (Wildman–Crippen LogP) is 1.38. The van der Waals surface area contributed by atoms with E-state index in [1.165, 1.54) is 0 Å². The second kappa shape index (κ2) is 4.11. The zero-order chi connectivity index (χ0) is 8.20. The summed E-state index contributed by atoms with van der Waals surface area (Å²) in [5.41, 5.74) is 0.581. The number of nitrogens with one attached hydrogen (secondary N) is 1. The molecular formula is C7H19NOSi. The normalized spacial score (nSPS) is 15.3. The van der Waals surface area contributed by atoms with Crippen LogP contribution < -0.4 is 5.32 Å². The zero-order valence-corrected chi connectivity index (χ0v) is 8.69. The maximum absolute atomic E-state index is 5.46. The summed E-state index contributed by atoms with van der Waals surface area (Å²) >= 11 is 0. The third kappa shape index (κ3) is 2.40. The largest absolute Gasteiger partial charge is 0.419 e. The van der Waals surface area contributed by atoms with Gasteiger partial charge in [-0.05, 0) is 26.6 Å². The molecule has 0 aliphatic carbocycles. The lowest BCUT2D eigenvalue weighted by Crippen LogP contribution is -2.50. The minimum Gasteiger partial charge on any atom is -0.419 e. The Morgan fingerprint density at radius 1 is 1.50 bits per heavy atom. The van der Waals surface area contributed by atoms with Crippen molar-refractivity contribution >= 4 is 8.32 Å². The fraction of sp³-hybridized carbons (Fsp3) is 1.00. The number of hydrogen-bond acceptors (Lipinski definition) is 2. The van der Waals surface area contributed by atoms with Crippen LogP contribution in [0.1, 0.15) is 13.3 Å². The molecule has 62 valence electrons. The van der Waals surface area contributed by atoms with Gasteiger partial charge in [0.2, 0.25) is 8.32 Å². The molecule has 1 N–H and O–H groups in total. The second-order valence-corrected chi connectivity index (χ2v) is 7.37. The first-order valence-electron chi connectivity index (χ1n) is 3.81. The van der Waals surface area contributed by atoms with E-state index < -0.39 is 8.32 Å². The lowest BCUT2D eigenvalue weighted by molar-refractivity contribution is 0.381. The summed E-state index contributed by atoms with van der Waals surface area (Å²) in [4.78, 5) is 0. The average Bonchev–Trinajstić information content (AvgIpc) is 1.90. The Balaban J connectivity index is 3.97. The van der Waals surface area contributed by atoms with Crippen molar-refractivity contribution < 1.29 is 4.43 Å². The van der Waals surface area contributed by atoms with Gasteiger partial charge in [-0.3, -0.25) is 0 Å². The van der Waals surface area contributed by atoms with Crippen molar-refractivity contribution in [2.45, 2.75) is 32.1 Å². The van der Waals surface area contributed by atoms with Crippen LogP contribution >= 0.6 is 0 Å². The fourth-order valence-electron chi connectivity index (χ4n) is 1.19. The fourth-order valence-corrected chi connectivity index (χ4v) is 3.15. The van der Waals surface area contributed by atoms with Crippen molar-refractivity contribution in [3.8, 4) is 0 Å². The molecule has 0 bridgehead atoms. The van der Waals surface area contributed by atoms with E-state index in [4.69, 9.17) is 4.43 Å². The van der Waals surface area contributed by atoms with Crippen LogP contribution in [0, 0.1) is 0 Å². The van der Waals surface area contributed by atoms with Crippen molar-refractivity contribution in [2.75, 3.05) is 14.2 Å². The van der Waals surface area contributed by atoms with E-state index in [9.17, 15) is 0 Å². The minimum atomic E-state index is -1.42. The molecule has 0 fully saturated rings. The summed E-state index contributed by atoms with van der Waals surface area (Å²) in [5, 5.41) is 3.28. The molecule has 0 heterocycles. The topological polar surface area (TPSA) is 21.3 Å². The highest BCUT2D eigenvalue weighted by molar-refractivity contribution is 6.72. The molecule has 0 saturated carbocycles. The third-order valence-electron chi connectivity index (χ3n) is 2.12. The van der Waals surface area contributed by atoms with Gasteiger partial charge in [0.1, 0.15) is 0 Å². The molecule has 0 aliphatic rings. The van der Waals surface area contributed by atoms with Gasteiger partial charge in [-0.25, -0.2) is 0 Å². The second-order valence-electron chi connectivity index (χ2n) is 3.06. The maximum Gasteiger partial charge on any atom is 0.202 e. The molecule has 0 rings (SSSR count). The van der Waals surface area contributed by atoms with E-state index in [0.29, 0.717) is 5.67 Å². The quantitative estimate of drug-likeness (QED) is 0.629. The average molecular weight is 161 g/mol. The Morgan fingerprint density at radius 3 is 2.10 bits per heavy atom. The van der Waals surface area contributed by atoms with Gasteiger partial charge in [0.15, 0.2) is 0 Å². The smallest absolute Gasteiger partial charge is 0.202 e. The van der Waals surface area contributed by atoms with Gasteiger partial charge >= 0.3 is 0 Å². The van der Waals surface area contributed by atoms with Crippen LogP contribution in [0.3, 0.4) is 0 Å². The van der Waals surface area contributed by atoms with E-state index in [2.05, 4.69) is 25.3 Å². The lowest BCUT2D eigenvalue weighted by Gasteiger charge is -2.29. The first-order valence-corrected chi connectivity index (χ1v) is 6.79. The SMILES string of the molecule is CCC(NC)[Si](C)(C)OC. The lowest BCUT2D eigenvalue weighted by atomic mass is 10.5. The van der Waals surface area contributed by atoms with Gasteiger partial charge in [-0.1, -0.05) is 6.92 Å². The van der Waals surface area contributed by atoms with Crippen molar-refractivity contribution in [1.29, 1.82) is 0 Å². The van der Waals surface area contributed by atoms with E-state index in [1.54, 1.807) is 0 Å². The van der Waals surface area contributed by atoms with E-state index in [-0.39, 0.29) is 0 Å². The van der Waals surface area contributed by atoms with Crippen molar-refractivity contribution in [1.82, 2.24) is 5.32 Å². The molecule has 0 radical (unpaired) electrons. The Kier molecular flexibility index (Phi) is 4.16. The number of rotatable bonds is 4. The molecular weight excluding hydrogens is 142 g/mol. The van der Waals surface area contributed by atoms with Crippen LogP contribution in [0.25, 0.3) is 0 Å². The van der Waals surface area contributed by atoms with E-state index in [0.717, 1.165) is 6.42 Å². The van der Waals surface area contributed by atoms with E-state index >= 15 is 0 Å². The molecule has 1 unspecified atom stereocenters. The van der Waals surface area contributed by atoms with Crippen LogP contribution in [0.4, 0.5) is 0 Å². The first kappa shape index (κ1) is 10.1. The highest BCUT2D eigenvalue weighted by Gasteiger charge is 2.29. The molecule has 0 aliphatic heterocycles. The Bertz CT molecular complexity index is 91.6. The molecule has 0 aromatic heterocycles.